The number of fused-ring (bicyclic) bond motifs is 1. The molecule has 0 unspecified atom stereocenters. The van der Waals surface area contributed by atoms with Crippen molar-refractivity contribution in [1.82, 2.24) is 14.5 Å². The lowest BCUT2D eigenvalue weighted by Crippen LogP contribution is -3.00. The zero-order chi connectivity index (χ0) is 10.1. The van der Waals surface area contributed by atoms with Gasteiger partial charge in [-0.25, -0.2) is 4.57 Å². The number of imidazole rings is 1. The molecule has 0 bridgehead atoms. The molecule has 0 saturated heterocycles. The van der Waals surface area contributed by atoms with Gasteiger partial charge in [-0.1, -0.05) is 17.6 Å². The van der Waals surface area contributed by atoms with Crippen LogP contribution in [0.1, 0.15) is 0 Å². The molecule has 6 heteroatoms. The SMILES string of the molecule is C=CCn1c[n+](C)c2ncnc(N)c21.[Cl-]. The van der Waals surface area contributed by atoms with Gasteiger partial charge in [0, 0.05) is 0 Å². The van der Waals surface area contributed by atoms with Crippen molar-refractivity contribution in [3.8, 4) is 0 Å². The van der Waals surface area contributed by atoms with Crippen LogP contribution in [-0.4, -0.2) is 14.5 Å². The molecule has 2 N–H and O–H groups in total. The minimum atomic E-state index is 0. The van der Waals surface area contributed by atoms with Gasteiger partial charge in [-0.3, -0.25) is 4.57 Å². The molecule has 0 aliphatic rings. The minimum absolute atomic E-state index is 0. The van der Waals surface area contributed by atoms with Crippen LogP contribution in [0, 0.1) is 0 Å². The molecule has 0 amide bonds. The van der Waals surface area contributed by atoms with E-state index in [0.717, 1.165) is 11.2 Å². The second kappa shape index (κ2) is 4.27. The van der Waals surface area contributed by atoms with Gasteiger partial charge >= 0.3 is 5.65 Å². The molecule has 80 valence electrons. The monoisotopic (exact) mass is 225 g/mol. The molecule has 0 saturated carbocycles. The number of anilines is 1. The van der Waals surface area contributed by atoms with Gasteiger partial charge in [0.2, 0.25) is 5.52 Å². The predicted molar refractivity (Wildman–Crippen MR) is 53.3 cm³/mol. The van der Waals surface area contributed by atoms with Gasteiger partial charge < -0.3 is 18.1 Å². The van der Waals surface area contributed by atoms with Crippen LogP contribution in [-0.2, 0) is 13.6 Å². The van der Waals surface area contributed by atoms with Crippen molar-refractivity contribution < 1.29 is 17.0 Å². The van der Waals surface area contributed by atoms with Crippen molar-refractivity contribution in [2.75, 3.05) is 5.73 Å². The number of hydrogen-bond donors (Lipinski definition) is 1. The highest BCUT2D eigenvalue weighted by Crippen LogP contribution is 2.13. The van der Waals surface area contributed by atoms with Crippen LogP contribution in [0.3, 0.4) is 0 Å². The average Bonchev–Trinajstić information content (AvgIpc) is 2.46. The van der Waals surface area contributed by atoms with E-state index in [0.29, 0.717) is 12.4 Å². The first-order chi connectivity index (χ1) is 6.74. The Bertz CT molecular complexity index is 490. The molecule has 0 fully saturated rings. The van der Waals surface area contributed by atoms with Gasteiger partial charge in [-0.2, -0.15) is 4.98 Å². The molecule has 2 rings (SSSR count). The van der Waals surface area contributed by atoms with Gasteiger partial charge in [0.15, 0.2) is 18.5 Å². The van der Waals surface area contributed by atoms with E-state index in [2.05, 4.69) is 16.5 Å². The van der Waals surface area contributed by atoms with Crippen LogP contribution >= 0.6 is 0 Å². The first-order valence-corrected chi connectivity index (χ1v) is 4.30. The van der Waals surface area contributed by atoms with E-state index in [-0.39, 0.29) is 12.4 Å². The third-order valence-electron chi connectivity index (χ3n) is 2.09. The average molecular weight is 226 g/mol. The second-order valence-electron chi connectivity index (χ2n) is 3.10. The van der Waals surface area contributed by atoms with E-state index in [9.17, 15) is 0 Å². The van der Waals surface area contributed by atoms with Crippen LogP contribution in [0.4, 0.5) is 5.82 Å². The predicted octanol–water partition coefficient (Wildman–Crippen LogP) is -2.97. The Hall–Kier alpha value is -1.62. The van der Waals surface area contributed by atoms with Crippen LogP contribution in [0.25, 0.3) is 11.2 Å². The summed E-state index contributed by atoms with van der Waals surface area (Å²) in [6.07, 6.45) is 5.21. The summed E-state index contributed by atoms with van der Waals surface area (Å²) in [5, 5.41) is 0. The highest BCUT2D eigenvalue weighted by molar-refractivity contribution is 5.79. The fraction of sp³-hybridized carbons (Fsp3) is 0.222. The number of allylic oxidation sites excluding steroid dienone is 1. The van der Waals surface area contributed by atoms with Gasteiger partial charge in [0.05, 0.1) is 13.6 Å². The highest BCUT2D eigenvalue weighted by atomic mass is 35.5. The number of aromatic nitrogens is 4. The Morgan fingerprint density at radius 3 is 3.00 bits per heavy atom. The van der Waals surface area contributed by atoms with Crippen molar-refractivity contribution in [2.24, 2.45) is 7.05 Å². The van der Waals surface area contributed by atoms with Crippen molar-refractivity contribution in [2.45, 2.75) is 6.54 Å². The Labute approximate surface area is 93.7 Å². The summed E-state index contributed by atoms with van der Waals surface area (Å²) in [7, 11) is 1.92. The zero-order valence-corrected chi connectivity index (χ0v) is 9.15. The van der Waals surface area contributed by atoms with E-state index in [1.807, 2.05) is 28.6 Å². The molecule has 0 aliphatic heterocycles. The molecule has 2 aromatic heterocycles. The minimum Gasteiger partial charge on any atom is -1.00 e. The van der Waals surface area contributed by atoms with Crippen molar-refractivity contribution >= 4 is 17.0 Å². The second-order valence-corrected chi connectivity index (χ2v) is 3.10. The van der Waals surface area contributed by atoms with E-state index in [4.69, 9.17) is 5.73 Å². The number of nitrogens with two attached hydrogens (primary N) is 1. The van der Waals surface area contributed by atoms with Gasteiger partial charge in [-0.05, 0) is 0 Å². The summed E-state index contributed by atoms with van der Waals surface area (Å²) in [5.74, 6) is 0.498. The maximum Gasteiger partial charge on any atom is 0.307 e. The molecule has 2 heterocycles. The summed E-state index contributed by atoms with van der Waals surface area (Å²) >= 11 is 0. The number of rotatable bonds is 2. The topological polar surface area (TPSA) is 60.6 Å². The molecule has 0 aliphatic carbocycles. The fourth-order valence-corrected chi connectivity index (χ4v) is 1.52. The van der Waals surface area contributed by atoms with Crippen LogP contribution in [0.5, 0.6) is 0 Å². The van der Waals surface area contributed by atoms with Gasteiger partial charge in [0.1, 0.15) is 0 Å². The number of aryl methyl sites for hydroxylation is 1. The van der Waals surface area contributed by atoms with E-state index in [1.54, 1.807) is 0 Å². The summed E-state index contributed by atoms with van der Waals surface area (Å²) in [4.78, 5) is 8.12. The molecular weight excluding hydrogens is 214 g/mol. The molecular formula is C9H12ClN5. The van der Waals surface area contributed by atoms with Crippen molar-refractivity contribution in [3.05, 3.63) is 25.3 Å². The van der Waals surface area contributed by atoms with E-state index < -0.39 is 0 Å². The van der Waals surface area contributed by atoms with Crippen LogP contribution in [0.15, 0.2) is 25.3 Å². The smallest absolute Gasteiger partial charge is 0.307 e. The normalized spacial score (nSPS) is 9.93. The van der Waals surface area contributed by atoms with Crippen LogP contribution in [0.2, 0.25) is 0 Å². The fourth-order valence-electron chi connectivity index (χ4n) is 1.52. The quantitative estimate of drug-likeness (QED) is 0.439. The maximum atomic E-state index is 5.78. The Morgan fingerprint density at radius 2 is 2.33 bits per heavy atom. The molecule has 0 atom stereocenters. The van der Waals surface area contributed by atoms with Crippen molar-refractivity contribution in [1.29, 1.82) is 0 Å². The lowest BCUT2D eigenvalue weighted by Gasteiger charge is -1.94. The van der Waals surface area contributed by atoms with E-state index >= 15 is 0 Å². The lowest BCUT2D eigenvalue weighted by atomic mass is 10.4. The molecule has 0 radical (unpaired) electrons. The molecule has 2 aromatic rings. The molecule has 0 aromatic carbocycles. The third kappa shape index (κ3) is 1.78. The Kier molecular flexibility index (Phi) is 3.26. The lowest BCUT2D eigenvalue weighted by molar-refractivity contribution is -0.647. The summed E-state index contributed by atoms with van der Waals surface area (Å²) in [6, 6.07) is 0. The molecule has 5 nitrogen and oxygen atoms in total. The van der Waals surface area contributed by atoms with Gasteiger partial charge in [-0.15, -0.1) is 0 Å². The number of nitrogen functional groups attached to an aromatic ring is 1. The number of nitrogens with zero attached hydrogens (tertiary/aromatic N) is 4. The number of hydrogen-bond acceptors (Lipinski definition) is 3. The maximum absolute atomic E-state index is 5.78. The first-order valence-electron chi connectivity index (χ1n) is 4.30. The van der Waals surface area contributed by atoms with Gasteiger partial charge in [0.25, 0.3) is 0 Å². The Morgan fingerprint density at radius 1 is 1.60 bits per heavy atom. The van der Waals surface area contributed by atoms with Crippen molar-refractivity contribution in [3.63, 3.8) is 0 Å². The molecule has 15 heavy (non-hydrogen) atoms. The van der Waals surface area contributed by atoms with E-state index in [1.165, 1.54) is 6.33 Å². The third-order valence-corrected chi connectivity index (χ3v) is 2.09. The first kappa shape index (κ1) is 11.5. The van der Waals surface area contributed by atoms with Crippen LogP contribution < -0.4 is 22.7 Å². The Balaban J connectivity index is 0.00000112. The standard InChI is InChI=1S/C9H12N5.ClH/c1-3-4-14-6-13(2)9-7(14)8(10)11-5-12-9;/h3,5-6H,1,4H2,2H3,(H2,10,11,12);1H/q+1;/p-1. The highest BCUT2D eigenvalue weighted by Gasteiger charge is 2.16. The summed E-state index contributed by atoms with van der Waals surface area (Å²) < 4.78 is 3.88. The molecule has 0 spiro atoms. The number of halogens is 1. The summed E-state index contributed by atoms with van der Waals surface area (Å²) in [5.41, 5.74) is 7.47. The summed E-state index contributed by atoms with van der Waals surface area (Å²) in [6.45, 7) is 4.39. The zero-order valence-electron chi connectivity index (χ0n) is 8.39. The largest absolute Gasteiger partial charge is 1.00 e.